The monoisotopic (exact) mass is 256 g/mol. The molecule has 0 spiro atoms. The highest BCUT2D eigenvalue weighted by Gasteiger charge is 2.31. The number of fused-ring (bicyclic) bond motifs is 1. The van der Waals surface area contributed by atoms with Crippen molar-refractivity contribution in [2.45, 2.75) is 32.7 Å². The van der Waals surface area contributed by atoms with Crippen molar-refractivity contribution in [2.24, 2.45) is 11.8 Å². The highest BCUT2D eigenvalue weighted by atomic mass is 16.1. The molecule has 3 unspecified atom stereocenters. The van der Waals surface area contributed by atoms with Gasteiger partial charge in [0.05, 0.1) is 0 Å². The Bertz CT molecular complexity index is 602. The normalized spacial score (nSPS) is 26.7. The summed E-state index contributed by atoms with van der Waals surface area (Å²) in [5, 5.41) is 4.20. The second-order valence-corrected chi connectivity index (χ2v) is 5.74. The number of carbonyl (C=O) groups excluding carboxylic acids is 1. The SMILES string of the molecule is CC1CCC(NC(=O)c2cccc3[nH]ccc23)C1C. The molecule has 19 heavy (non-hydrogen) atoms. The van der Waals surface area contributed by atoms with Crippen molar-refractivity contribution in [3.8, 4) is 0 Å². The lowest BCUT2D eigenvalue weighted by Crippen LogP contribution is -2.37. The Hall–Kier alpha value is -1.77. The van der Waals surface area contributed by atoms with Crippen molar-refractivity contribution < 1.29 is 4.79 Å². The van der Waals surface area contributed by atoms with Gasteiger partial charge in [-0.15, -0.1) is 0 Å². The molecule has 1 aliphatic rings. The minimum Gasteiger partial charge on any atom is -0.361 e. The molecule has 0 saturated heterocycles. The molecule has 1 heterocycles. The van der Waals surface area contributed by atoms with E-state index >= 15 is 0 Å². The number of hydrogen-bond donors (Lipinski definition) is 2. The summed E-state index contributed by atoms with van der Waals surface area (Å²) in [6.07, 6.45) is 4.18. The molecule has 2 aromatic rings. The van der Waals surface area contributed by atoms with E-state index in [9.17, 15) is 4.79 Å². The molecule has 1 aliphatic carbocycles. The number of carbonyl (C=O) groups is 1. The van der Waals surface area contributed by atoms with Crippen LogP contribution in [0.4, 0.5) is 0 Å². The average Bonchev–Trinajstić information content (AvgIpc) is 3.00. The number of rotatable bonds is 2. The van der Waals surface area contributed by atoms with Gasteiger partial charge in [0, 0.05) is 28.7 Å². The van der Waals surface area contributed by atoms with Gasteiger partial charge >= 0.3 is 0 Å². The van der Waals surface area contributed by atoms with Crippen LogP contribution < -0.4 is 5.32 Å². The van der Waals surface area contributed by atoms with Crippen LogP contribution in [0.5, 0.6) is 0 Å². The van der Waals surface area contributed by atoms with Crippen molar-refractivity contribution in [1.29, 1.82) is 0 Å². The molecule has 1 amide bonds. The standard InChI is InChI=1S/C16H20N2O/c1-10-6-7-14(11(10)2)18-16(19)13-4-3-5-15-12(13)8-9-17-15/h3-5,8-11,14,17H,6-7H2,1-2H3,(H,18,19). The molecule has 2 N–H and O–H groups in total. The highest BCUT2D eigenvalue weighted by Crippen LogP contribution is 2.31. The molecule has 3 atom stereocenters. The van der Waals surface area contributed by atoms with Gasteiger partial charge in [0.15, 0.2) is 0 Å². The summed E-state index contributed by atoms with van der Waals surface area (Å²) < 4.78 is 0. The molecule has 3 rings (SSSR count). The summed E-state index contributed by atoms with van der Waals surface area (Å²) in [6.45, 7) is 4.50. The predicted molar refractivity (Wildman–Crippen MR) is 77.1 cm³/mol. The van der Waals surface area contributed by atoms with Gasteiger partial charge in [-0.3, -0.25) is 4.79 Å². The van der Waals surface area contributed by atoms with Crippen LogP contribution in [0.1, 0.15) is 37.0 Å². The number of nitrogens with one attached hydrogen (secondary N) is 2. The molecule has 1 saturated carbocycles. The predicted octanol–water partition coefficient (Wildman–Crippen LogP) is 3.33. The number of amides is 1. The fraction of sp³-hybridized carbons (Fsp3) is 0.438. The summed E-state index contributed by atoms with van der Waals surface area (Å²) in [5.41, 5.74) is 1.78. The molecular weight excluding hydrogens is 236 g/mol. The highest BCUT2D eigenvalue weighted by molar-refractivity contribution is 6.06. The van der Waals surface area contributed by atoms with Gasteiger partial charge in [-0.05, 0) is 42.9 Å². The maximum absolute atomic E-state index is 12.4. The average molecular weight is 256 g/mol. The van der Waals surface area contributed by atoms with E-state index in [1.165, 1.54) is 6.42 Å². The second kappa shape index (κ2) is 4.72. The Morgan fingerprint density at radius 1 is 1.26 bits per heavy atom. The van der Waals surface area contributed by atoms with Crippen molar-refractivity contribution in [2.75, 3.05) is 0 Å². The second-order valence-electron chi connectivity index (χ2n) is 5.74. The summed E-state index contributed by atoms with van der Waals surface area (Å²) in [6, 6.07) is 8.09. The number of H-pyrrole nitrogens is 1. The first-order valence-electron chi connectivity index (χ1n) is 7.04. The summed E-state index contributed by atoms with van der Waals surface area (Å²) in [7, 11) is 0. The lowest BCUT2D eigenvalue weighted by molar-refractivity contribution is 0.0929. The van der Waals surface area contributed by atoms with Gasteiger partial charge in [0.2, 0.25) is 0 Å². The van der Waals surface area contributed by atoms with Gasteiger partial charge in [0.25, 0.3) is 5.91 Å². The first kappa shape index (κ1) is 12.3. The molecule has 1 aromatic heterocycles. The van der Waals surface area contributed by atoms with Gasteiger partial charge in [0.1, 0.15) is 0 Å². The Balaban J connectivity index is 1.83. The van der Waals surface area contributed by atoms with Crippen LogP contribution in [0.25, 0.3) is 10.9 Å². The van der Waals surface area contributed by atoms with E-state index < -0.39 is 0 Å². The lowest BCUT2D eigenvalue weighted by atomic mass is 9.97. The van der Waals surface area contributed by atoms with E-state index in [4.69, 9.17) is 0 Å². The molecule has 3 nitrogen and oxygen atoms in total. The van der Waals surface area contributed by atoms with E-state index in [1.54, 1.807) is 0 Å². The van der Waals surface area contributed by atoms with E-state index in [0.717, 1.165) is 22.9 Å². The number of benzene rings is 1. The zero-order valence-electron chi connectivity index (χ0n) is 11.4. The van der Waals surface area contributed by atoms with E-state index in [-0.39, 0.29) is 5.91 Å². The van der Waals surface area contributed by atoms with Crippen LogP contribution in [0.3, 0.4) is 0 Å². The molecular formula is C16H20N2O. The first-order valence-corrected chi connectivity index (χ1v) is 7.04. The zero-order valence-corrected chi connectivity index (χ0v) is 11.4. The fourth-order valence-electron chi connectivity index (χ4n) is 3.10. The minimum atomic E-state index is 0.0520. The Morgan fingerprint density at radius 2 is 2.11 bits per heavy atom. The number of aromatic amines is 1. The molecule has 100 valence electrons. The Morgan fingerprint density at radius 3 is 2.84 bits per heavy atom. The van der Waals surface area contributed by atoms with Crippen LogP contribution in [-0.4, -0.2) is 16.9 Å². The van der Waals surface area contributed by atoms with Crippen molar-refractivity contribution >= 4 is 16.8 Å². The largest absolute Gasteiger partial charge is 0.361 e. The van der Waals surface area contributed by atoms with E-state index in [0.29, 0.717) is 17.9 Å². The van der Waals surface area contributed by atoms with Crippen LogP contribution >= 0.6 is 0 Å². The molecule has 0 radical (unpaired) electrons. The van der Waals surface area contributed by atoms with Gasteiger partial charge in [-0.1, -0.05) is 19.9 Å². The van der Waals surface area contributed by atoms with Crippen molar-refractivity contribution in [1.82, 2.24) is 10.3 Å². The smallest absolute Gasteiger partial charge is 0.252 e. The van der Waals surface area contributed by atoms with Gasteiger partial charge < -0.3 is 10.3 Å². The van der Waals surface area contributed by atoms with Crippen LogP contribution in [0.2, 0.25) is 0 Å². The topological polar surface area (TPSA) is 44.9 Å². The summed E-state index contributed by atoms with van der Waals surface area (Å²) >= 11 is 0. The fourth-order valence-corrected chi connectivity index (χ4v) is 3.10. The van der Waals surface area contributed by atoms with Gasteiger partial charge in [-0.2, -0.15) is 0 Å². The summed E-state index contributed by atoms with van der Waals surface area (Å²) in [4.78, 5) is 15.6. The molecule has 0 aliphatic heterocycles. The van der Waals surface area contributed by atoms with Crippen LogP contribution in [0.15, 0.2) is 30.5 Å². The van der Waals surface area contributed by atoms with Crippen molar-refractivity contribution in [3.63, 3.8) is 0 Å². The van der Waals surface area contributed by atoms with Gasteiger partial charge in [-0.25, -0.2) is 0 Å². The zero-order chi connectivity index (χ0) is 13.4. The van der Waals surface area contributed by atoms with E-state index in [2.05, 4.69) is 24.1 Å². The third-order valence-electron chi connectivity index (χ3n) is 4.62. The third-order valence-corrected chi connectivity index (χ3v) is 4.62. The third kappa shape index (κ3) is 2.14. The Labute approximate surface area is 113 Å². The van der Waals surface area contributed by atoms with Crippen LogP contribution in [0, 0.1) is 11.8 Å². The maximum Gasteiger partial charge on any atom is 0.252 e. The molecule has 1 fully saturated rings. The van der Waals surface area contributed by atoms with E-state index in [1.807, 2.05) is 30.5 Å². The quantitative estimate of drug-likeness (QED) is 0.850. The molecule has 1 aromatic carbocycles. The molecule has 0 bridgehead atoms. The maximum atomic E-state index is 12.4. The van der Waals surface area contributed by atoms with Crippen LogP contribution in [-0.2, 0) is 0 Å². The first-order chi connectivity index (χ1) is 9.16. The minimum absolute atomic E-state index is 0.0520. The molecule has 3 heteroatoms. The lowest BCUT2D eigenvalue weighted by Gasteiger charge is -2.19. The summed E-state index contributed by atoms with van der Waals surface area (Å²) in [5.74, 6) is 1.32. The van der Waals surface area contributed by atoms with Crippen molar-refractivity contribution in [3.05, 3.63) is 36.0 Å². The number of hydrogen-bond acceptors (Lipinski definition) is 1. The number of aromatic nitrogens is 1. The Kier molecular flexibility index (Phi) is 3.05.